The van der Waals surface area contributed by atoms with E-state index >= 15 is 0 Å². The molecule has 6 rings (SSSR count). The van der Waals surface area contributed by atoms with Gasteiger partial charge in [0.2, 0.25) is 0 Å². The molecule has 0 aliphatic heterocycles. The number of aryl methyl sites for hydroxylation is 6. The minimum absolute atomic E-state index is 0.0757. The number of nitrogens with zero attached hydrogens (tertiary/aromatic N) is 2. The molecule has 0 fully saturated rings. The third-order valence-electron chi connectivity index (χ3n) is 9.88. The zero-order valence-corrected chi connectivity index (χ0v) is 36.3. The van der Waals surface area contributed by atoms with Gasteiger partial charge in [-0.2, -0.15) is 0 Å². The number of hydrogen-bond donors (Lipinski definition) is 0. The van der Waals surface area contributed by atoms with E-state index in [1.165, 1.54) is 71.5 Å². The van der Waals surface area contributed by atoms with Gasteiger partial charge in [0.1, 0.15) is 0 Å². The summed E-state index contributed by atoms with van der Waals surface area (Å²) in [7, 11) is 8.46. The molecule has 2 nitrogen and oxygen atoms in total. The van der Waals surface area contributed by atoms with Crippen molar-refractivity contribution in [2.75, 3.05) is 12.7 Å². The van der Waals surface area contributed by atoms with E-state index < -0.39 is 7.92 Å². The van der Waals surface area contributed by atoms with E-state index in [9.17, 15) is 0 Å². The maximum atomic E-state index is 5.53. The van der Waals surface area contributed by atoms with Crippen LogP contribution in [0.15, 0.2) is 94.9 Å². The summed E-state index contributed by atoms with van der Waals surface area (Å²) < 4.78 is 0. The van der Waals surface area contributed by atoms with Crippen LogP contribution < -0.4 is 10.6 Å². The summed E-state index contributed by atoms with van der Waals surface area (Å²) in [6.45, 7) is 25.9. The van der Waals surface area contributed by atoms with Crippen molar-refractivity contribution in [3.8, 4) is 0 Å². The normalized spacial score (nSPS) is 14.5. The van der Waals surface area contributed by atoms with E-state index in [1.807, 2.05) is 0 Å². The van der Waals surface area contributed by atoms with Crippen LogP contribution >= 0.6 is 28.1 Å². The third-order valence-corrected chi connectivity index (χ3v) is 12.6. The van der Waals surface area contributed by atoms with Crippen molar-refractivity contribution in [2.45, 2.75) is 88.0 Å². The van der Waals surface area contributed by atoms with E-state index in [0.717, 1.165) is 36.2 Å². The molecule has 52 heavy (non-hydrogen) atoms. The number of halogens is 2. The Bertz CT molecular complexity index is 2040. The van der Waals surface area contributed by atoms with Gasteiger partial charge >= 0.3 is 33.3 Å². The fourth-order valence-corrected chi connectivity index (χ4v) is 11.2. The molecule has 1 aliphatic carbocycles. The van der Waals surface area contributed by atoms with Crippen molar-refractivity contribution in [3.05, 3.63) is 135 Å². The summed E-state index contributed by atoms with van der Waals surface area (Å²) in [6, 6.07) is 32.2. The standard InChI is InChI=1S/C46H53N2P.2ClH.Fe/c1-29-20-30(2)23-37(22-29)49(38-24-31(3)21-32(4)25-38)19-18-47-43-39-16-12-14-35-15-13-17-40(41(35)39)44(43)48-42-33(5)26-36(27-34(42)6)46(10,11)28-45(7,8)9;;;/h12-17,20-27H,18-19,28H2,1-11H3;2*1H;/q;;;+2/p-1. The summed E-state index contributed by atoms with van der Waals surface area (Å²) in [5.74, 6) is 0. The molecule has 0 spiro atoms. The van der Waals surface area contributed by atoms with E-state index in [1.54, 1.807) is 0 Å². The fraction of sp³-hybridized carbons (Fsp3) is 0.348. The van der Waals surface area contributed by atoms with Crippen LogP contribution in [0.4, 0.5) is 5.69 Å². The molecule has 1 aliphatic rings. The first-order valence-electron chi connectivity index (χ1n) is 18.2. The van der Waals surface area contributed by atoms with Gasteiger partial charge in [0.25, 0.3) is 0 Å². The van der Waals surface area contributed by atoms with Gasteiger partial charge < -0.3 is 0 Å². The second kappa shape index (κ2) is 16.7. The van der Waals surface area contributed by atoms with Gasteiger partial charge in [-0.15, -0.1) is 0 Å². The van der Waals surface area contributed by atoms with Crippen LogP contribution in [0.1, 0.15) is 91.1 Å². The van der Waals surface area contributed by atoms with Gasteiger partial charge in [-0.3, -0.25) is 4.99 Å². The number of rotatable bonds is 8. The molecule has 0 atom stereocenters. The molecule has 274 valence electrons. The first kappa shape index (κ1) is 40.4. The van der Waals surface area contributed by atoms with Crippen LogP contribution in [0.5, 0.6) is 0 Å². The molecule has 5 aromatic carbocycles. The van der Waals surface area contributed by atoms with Crippen LogP contribution in [0.25, 0.3) is 10.8 Å². The molecule has 0 N–H and O–H groups in total. The van der Waals surface area contributed by atoms with Crippen LogP contribution in [0, 0.1) is 47.0 Å². The minimum atomic E-state index is -1.07. The maximum absolute atomic E-state index is 5.53. The summed E-state index contributed by atoms with van der Waals surface area (Å²) >= 11 is 0.194. The van der Waals surface area contributed by atoms with Gasteiger partial charge in [-0.1, -0.05) is 95.3 Å². The number of aliphatic imine (C=N–C) groups is 2. The predicted octanol–water partition coefficient (Wildman–Crippen LogP) is 12.6. The molecule has 0 radical (unpaired) electrons. The Hall–Kier alpha value is -2.77. The second-order valence-corrected chi connectivity index (χ2v) is 20.9. The third kappa shape index (κ3) is 9.47. The first-order chi connectivity index (χ1) is 24.5. The van der Waals surface area contributed by atoms with Gasteiger partial charge in [0.05, 0.1) is 48.3 Å². The van der Waals surface area contributed by atoms with Crippen molar-refractivity contribution in [2.24, 2.45) is 15.4 Å². The monoisotopic (exact) mass is 791 g/mol. The molecule has 0 heterocycles. The first-order valence-corrected chi connectivity index (χ1v) is 22.9. The van der Waals surface area contributed by atoms with E-state index in [2.05, 4.69) is 161 Å². The van der Waals surface area contributed by atoms with Crippen LogP contribution in [0.3, 0.4) is 0 Å². The molecule has 0 aromatic heterocycles. The zero-order chi connectivity index (χ0) is 38.0. The topological polar surface area (TPSA) is 24.7 Å². The van der Waals surface area contributed by atoms with Crippen molar-refractivity contribution in [1.82, 2.24) is 0 Å². The Balaban J connectivity index is 0.00000168. The SMILES string of the molecule is Cc1cc(C)cc([PH+](CCN=C2C(=Nc3c(C)cc(C(C)(C)CC(C)(C)C)cc3C)c3cccc4cccc2c34)c2cc(C)cc(C)c2)c1.[Cl][Fe][Cl]. The Morgan fingerprint density at radius 3 is 1.56 bits per heavy atom. The molecule has 5 aromatic rings. The quantitative estimate of drug-likeness (QED) is 0.110. The van der Waals surface area contributed by atoms with Crippen molar-refractivity contribution < 1.29 is 13.1 Å². The Morgan fingerprint density at radius 1 is 0.635 bits per heavy atom. The number of benzene rings is 5. The average Bonchev–Trinajstić information content (AvgIpc) is 3.32. The van der Waals surface area contributed by atoms with Crippen molar-refractivity contribution in [1.29, 1.82) is 0 Å². The van der Waals surface area contributed by atoms with E-state index in [-0.39, 0.29) is 24.0 Å². The summed E-state index contributed by atoms with van der Waals surface area (Å²) in [4.78, 5) is 11.0. The summed E-state index contributed by atoms with van der Waals surface area (Å²) in [5, 5.41) is 5.46. The zero-order valence-electron chi connectivity index (χ0n) is 32.7. The van der Waals surface area contributed by atoms with Gasteiger partial charge in [-0.25, -0.2) is 4.99 Å². The van der Waals surface area contributed by atoms with Gasteiger partial charge in [0.15, 0.2) is 0 Å². The Kier molecular flexibility index (Phi) is 13.0. The molecule has 0 saturated carbocycles. The predicted molar refractivity (Wildman–Crippen MR) is 231 cm³/mol. The fourth-order valence-electron chi connectivity index (χ4n) is 8.36. The summed E-state index contributed by atoms with van der Waals surface area (Å²) in [5.41, 5.74) is 15.0. The second-order valence-electron chi connectivity index (χ2n) is 16.5. The van der Waals surface area contributed by atoms with Gasteiger partial charge in [0, 0.05) is 16.5 Å². The van der Waals surface area contributed by atoms with E-state index in [0.29, 0.717) is 0 Å². The van der Waals surface area contributed by atoms with E-state index in [4.69, 9.17) is 30.2 Å². The van der Waals surface area contributed by atoms with Crippen molar-refractivity contribution in [3.63, 3.8) is 0 Å². The van der Waals surface area contributed by atoms with Crippen LogP contribution in [-0.4, -0.2) is 24.1 Å². The van der Waals surface area contributed by atoms with Gasteiger partial charge in [-0.05, 0) is 127 Å². The molecule has 0 saturated heterocycles. The van der Waals surface area contributed by atoms with Crippen molar-refractivity contribution >= 4 is 66.6 Å². The molecular weight excluding hydrogens is 738 g/mol. The molecular formula is C46H54Cl2FeN2P+. The van der Waals surface area contributed by atoms with Crippen LogP contribution in [-0.2, 0) is 18.5 Å². The van der Waals surface area contributed by atoms with Crippen LogP contribution in [0.2, 0.25) is 0 Å². The number of hydrogen-bond acceptors (Lipinski definition) is 2. The summed E-state index contributed by atoms with van der Waals surface area (Å²) in [6.07, 6.45) is 2.14. The Labute approximate surface area is 328 Å². The molecule has 6 heteroatoms. The molecule has 0 amide bonds. The molecule has 0 unspecified atom stereocenters. The Morgan fingerprint density at radius 2 is 1.10 bits per heavy atom. The average molecular weight is 793 g/mol. The molecule has 0 bridgehead atoms.